The van der Waals surface area contributed by atoms with Crippen molar-refractivity contribution in [3.63, 3.8) is 0 Å². The number of aliphatic hydroxyl groups excluding tert-OH is 1. The number of sulfonamides is 1. The molecule has 0 spiro atoms. The lowest BCUT2D eigenvalue weighted by Gasteiger charge is -2.17. The second kappa shape index (κ2) is 12.5. The maximum atomic E-state index is 13.0. The van der Waals surface area contributed by atoms with Gasteiger partial charge in [0.2, 0.25) is 0 Å². The molecular formula is C29H29N3O4S. The highest BCUT2D eigenvalue weighted by Crippen LogP contribution is 2.32. The molecule has 0 bridgehead atoms. The summed E-state index contributed by atoms with van der Waals surface area (Å²) in [5, 5.41) is 19.6. The number of nitrogens with one attached hydrogen (secondary N) is 1. The fourth-order valence-corrected chi connectivity index (χ4v) is 4.41. The van der Waals surface area contributed by atoms with Crippen molar-refractivity contribution in [2.24, 2.45) is 10.2 Å². The first-order valence-electron chi connectivity index (χ1n) is 11.4. The first kappa shape index (κ1) is 27.2. The molecule has 0 amide bonds. The molecule has 3 aromatic rings. The monoisotopic (exact) mass is 515 g/mol. The highest BCUT2D eigenvalue weighted by Gasteiger charge is 2.21. The predicted molar refractivity (Wildman–Crippen MR) is 146 cm³/mol. The average Bonchev–Trinajstić information content (AvgIpc) is 2.89. The van der Waals surface area contributed by atoms with Gasteiger partial charge in [0, 0.05) is 5.57 Å². The van der Waals surface area contributed by atoms with E-state index in [0.29, 0.717) is 22.8 Å². The van der Waals surface area contributed by atoms with E-state index in [-0.39, 0.29) is 27.6 Å². The number of rotatable bonds is 10. The van der Waals surface area contributed by atoms with Gasteiger partial charge in [0.05, 0.1) is 10.6 Å². The maximum absolute atomic E-state index is 13.0. The van der Waals surface area contributed by atoms with Gasteiger partial charge in [0.25, 0.3) is 10.0 Å². The van der Waals surface area contributed by atoms with Gasteiger partial charge in [-0.2, -0.15) is 5.11 Å². The van der Waals surface area contributed by atoms with Gasteiger partial charge in [-0.25, -0.2) is 8.42 Å². The number of nitrogens with zero attached hydrogens (tertiary/aromatic N) is 2. The van der Waals surface area contributed by atoms with E-state index in [9.17, 15) is 13.5 Å². The van der Waals surface area contributed by atoms with E-state index in [1.54, 1.807) is 57.2 Å². The molecule has 0 atom stereocenters. The smallest absolute Gasteiger partial charge is 0.261 e. The van der Waals surface area contributed by atoms with Gasteiger partial charge in [-0.15, -0.1) is 5.11 Å². The van der Waals surface area contributed by atoms with Crippen molar-refractivity contribution in [2.45, 2.75) is 25.7 Å². The average molecular weight is 516 g/mol. The van der Waals surface area contributed by atoms with Gasteiger partial charge in [0.1, 0.15) is 22.9 Å². The molecular weight excluding hydrogens is 486 g/mol. The lowest BCUT2D eigenvalue weighted by molar-refractivity contribution is 0.414. The van der Waals surface area contributed by atoms with Crippen LogP contribution in [0.1, 0.15) is 20.8 Å². The molecule has 0 saturated carbocycles. The van der Waals surface area contributed by atoms with Crippen LogP contribution in [0.25, 0.3) is 0 Å². The van der Waals surface area contributed by atoms with Crippen LogP contribution in [-0.2, 0) is 10.0 Å². The largest absolute Gasteiger partial charge is 0.505 e. The van der Waals surface area contributed by atoms with E-state index < -0.39 is 10.0 Å². The van der Waals surface area contributed by atoms with Crippen LogP contribution in [0, 0.1) is 0 Å². The molecule has 0 aromatic heterocycles. The van der Waals surface area contributed by atoms with Gasteiger partial charge in [-0.1, -0.05) is 66.8 Å². The minimum Gasteiger partial charge on any atom is -0.505 e. The van der Waals surface area contributed by atoms with Crippen LogP contribution >= 0.6 is 0 Å². The van der Waals surface area contributed by atoms with Crippen LogP contribution in [0.2, 0.25) is 0 Å². The molecule has 0 fully saturated rings. The molecule has 0 aliphatic heterocycles. The van der Waals surface area contributed by atoms with Crippen LogP contribution in [0.3, 0.4) is 0 Å². The Bertz CT molecular complexity index is 1470. The summed E-state index contributed by atoms with van der Waals surface area (Å²) >= 11 is 0. The zero-order valence-corrected chi connectivity index (χ0v) is 21.7. The summed E-state index contributed by atoms with van der Waals surface area (Å²) in [7, 11) is -3.91. The third-order valence-corrected chi connectivity index (χ3v) is 6.46. The minimum absolute atomic E-state index is 0.0907. The highest BCUT2D eigenvalue weighted by molar-refractivity contribution is 7.89. The Morgan fingerprint density at radius 2 is 1.51 bits per heavy atom. The third kappa shape index (κ3) is 7.28. The fourth-order valence-electron chi connectivity index (χ4n) is 3.32. The van der Waals surface area contributed by atoms with Crippen molar-refractivity contribution in [1.82, 2.24) is 4.72 Å². The summed E-state index contributed by atoms with van der Waals surface area (Å²) in [5.74, 6) is 0.918. The number of ether oxygens (including phenoxy) is 1. The number of azo groups is 1. The van der Waals surface area contributed by atoms with Crippen molar-refractivity contribution in [2.75, 3.05) is 0 Å². The molecule has 3 aromatic carbocycles. The Hall–Kier alpha value is -4.43. The number of allylic oxidation sites excluding steroid dienone is 4. The molecule has 0 heterocycles. The van der Waals surface area contributed by atoms with Crippen molar-refractivity contribution in [3.8, 4) is 11.5 Å². The Morgan fingerprint density at radius 3 is 2.14 bits per heavy atom. The first-order chi connectivity index (χ1) is 17.7. The van der Waals surface area contributed by atoms with Gasteiger partial charge in [0.15, 0.2) is 5.75 Å². The van der Waals surface area contributed by atoms with Crippen LogP contribution in [-0.4, -0.2) is 13.5 Å². The second-order valence-electron chi connectivity index (χ2n) is 8.13. The zero-order chi connectivity index (χ0) is 26.8. The zero-order valence-electron chi connectivity index (χ0n) is 20.9. The molecule has 0 aliphatic rings. The number of benzene rings is 3. The van der Waals surface area contributed by atoms with Crippen LogP contribution in [0.5, 0.6) is 11.5 Å². The number of para-hydroxylation sites is 2. The summed E-state index contributed by atoms with van der Waals surface area (Å²) in [5.41, 5.74) is 1.72. The number of hydrogen-bond acceptors (Lipinski definition) is 6. The van der Waals surface area contributed by atoms with Crippen molar-refractivity contribution in [1.29, 1.82) is 0 Å². The fraction of sp³-hybridized carbons (Fsp3) is 0.103. The standard InChI is InChI=1S/C29H29N3O4S/c1-5-14-26(32-37(34,35)24-17-10-7-11-18-24)28(21(2)3)29(33)22(4)30-31-25-19-12-13-20-27(25)36-23-15-8-6-9-16-23/h5-20,32-33H,1H2,2-4H3/b26-14+,29-22-,31-30+. The molecule has 0 aliphatic carbocycles. The van der Waals surface area contributed by atoms with Crippen LogP contribution in [0.4, 0.5) is 5.69 Å². The van der Waals surface area contributed by atoms with E-state index in [4.69, 9.17) is 4.74 Å². The SMILES string of the molecule is C=C/C=C(/NS(=O)(=O)c1ccccc1)C(=C(C)C)/C(O)=C(C)/N=N/c1ccccc1Oc1ccccc1. The van der Waals surface area contributed by atoms with E-state index in [2.05, 4.69) is 21.5 Å². The lowest BCUT2D eigenvalue weighted by Crippen LogP contribution is -2.25. The Labute approximate surface area is 217 Å². The summed E-state index contributed by atoms with van der Waals surface area (Å²) in [6.07, 6.45) is 2.92. The van der Waals surface area contributed by atoms with Crippen molar-refractivity contribution >= 4 is 15.7 Å². The maximum Gasteiger partial charge on any atom is 0.261 e. The van der Waals surface area contributed by atoms with Crippen LogP contribution < -0.4 is 9.46 Å². The Kier molecular flexibility index (Phi) is 9.18. The second-order valence-corrected chi connectivity index (χ2v) is 9.81. The molecule has 0 radical (unpaired) electrons. The molecule has 37 heavy (non-hydrogen) atoms. The van der Waals surface area contributed by atoms with Gasteiger partial charge in [-0.05, 0) is 63.2 Å². The van der Waals surface area contributed by atoms with Crippen LogP contribution in [0.15, 0.2) is 147 Å². The number of aliphatic hydroxyl groups is 1. The van der Waals surface area contributed by atoms with Crippen molar-refractivity contribution < 1.29 is 18.3 Å². The van der Waals surface area contributed by atoms with Gasteiger partial charge < -0.3 is 9.84 Å². The molecule has 190 valence electrons. The van der Waals surface area contributed by atoms with E-state index in [1.807, 2.05) is 36.4 Å². The molecule has 7 nitrogen and oxygen atoms in total. The topological polar surface area (TPSA) is 100 Å². The lowest BCUT2D eigenvalue weighted by atomic mass is 10.0. The summed E-state index contributed by atoms with van der Waals surface area (Å²) in [4.78, 5) is 0.0907. The normalized spacial score (nSPS) is 12.6. The van der Waals surface area contributed by atoms with Crippen molar-refractivity contribution in [3.05, 3.63) is 132 Å². The summed E-state index contributed by atoms with van der Waals surface area (Å²) < 4.78 is 34.4. The molecule has 2 N–H and O–H groups in total. The molecule has 0 saturated heterocycles. The third-order valence-electron chi connectivity index (χ3n) is 5.08. The minimum atomic E-state index is -3.91. The van der Waals surface area contributed by atoms with E-state index in [1.165, 1.54) is 24.3 Å². The molecule has 0 unspecified atom stereocenters. The van der Waals surface area contributed by atoms with E-state index >= 15 is 0 Å². The quantitative estimate of drug-likeness (QED) is 0.164. The molecule has 3 rings (SSSR count). The van der Waals surface area contributed by atoms with Gasteiger partial charge in [-0.3, -0.25) is 4.72 Å². The summed E-state index contributed by atoms with van der Waals surface area (Å²) in [6.45, 7) is 8.78. The van der Waals surface area contributed by atoms with E-state index in [0.717, 1.165) is 0 Å². The molecule has 8 heteroatoms. The number of hydrogen-bond donors (Lipinski definition) is 2. The Balaban J connectivity index is 1.94. The highest BCUT2D eigenvalue weighted by atomic mass is 32.2. The summed E-state index contributed by atoms with van der Waals surface area (Å²) in [6, 6.07) is 24.4. The Morgan fingerprint density at radius 1 is 0.919 bits per heavy atom. The van der Waals surface area contributed by atoms with Gasteiger partial charge >= 0.3 is 0 Å². The predicted octanol–water partition coefficient (Wildman–Crippen LogP) is 7.74. The first-order valence-corrected chi connectivity index (χ1v) is 12.9.